The Bertz CT molecular complexity index is 437. The van der Waals surface area contributed by atoms with Gasteiger partial charge in [0.1, 0.15) is 5.75 Å². The van der Waals surface area contributed by atoms with Gasteiger partial charge < -0.3 is 10.4 Å². The van der Waals surface area contributed by atoms with Crippen LogP contribution in [0.2, 0.25) is 0 Å². The summed E-state index contributed by atoms with van der Waals surface area (Å²) in [6.45, 7) is 2.68. The molecule has 0 unspecified atom stereocenters. The van der Waals surface area contributed by atoms with Crippen molar-refractivity contribution >= 4 is 17.0 Å². The van der Waals surface area contributed by atoms with Crippen molar-refractivity contribution in [1.82, 2.24) is 0 Å². The van der Waals surface area contributed by atoms with Crippen molar-refractivity contribution in [2.24, 2.45) is 0 Å². The lowest BCUT2D eigenvalue weighted by atomic mass is 10.2. The van der Waals surface area contributed by atoms with Crippen LogP contribution in [0, 0.1) is 6.92 Å². The van der Waals surface area contributed by atoms with Gasteiger partial charge >= 0.3 is 0 Å². The molecule has 0 atom stereocenters. The second-order valence-corrected chi connectivity index (χ2v) is 4.27. The summed E-state index contributed by atoms with van der Waals surface area (Å²) < 4.78 is 0. The minimum atomic E-state index is 0.338. The number of anilines is 1. The maximum atomic E-state index is 9.52. The fourth-order valence-electron chi connectivity index (χ4n) is 1.32. The summed E-state index contributed by atoms with van der Waals surface area (Å²) in [5, 5.41) is 17.0. The molecule has 0 bridgehead atoms. The third kappa shape index (κ3) is 2.50. The average Bonchev–Trinajstić information content (AvgIpc) is 2.73. The van der Waals surface area contributed by atoms with Crippen LogP contribution in [0.25, 0.3) is 0 Å². The van der Waals surface area contributed by atoms with E-state index in [2.05, 4.69) is 22.1 Å². The molecule has 2 N–H and O–H groups in total. The molecule has 3 heteroatoms. The van der Waals surface area contributed by atoms with Crippen LogP contribution in [-0.2, 0) is 6.54 Å². The van der Waals surface area contributed by atoms with Crippen LogP contribution in [-0.4, -0.2) is 5.11 Å². The van der Waals surface area contributed by atoms with Gasteiger partial charge in [0.15, 0.2) is 0 Å². The molecule has 0 aliphatic rings. The molecule has 2 rings (SSSR count). The maximum Gasteiger partial charge on any atom is 0.120 e. The molecule has 15 heavy (non-hydrogen) atoms. The maximum absolute atomic E-state index is 9.52. The summed E-state index contributed by atoms with van der Waals surface area (Å²) in [4.78, 5) is 0. The number of rotatable bonds is 3. The van der Waals surface area contributed by atoms with Crippen LogP contribution in [0.4, 0.5) is 5.69 Å². The Labute approximate surface area is 93.2 Å². The highest BCUT2D eigenvalue weighted by atomic mass is 32.1. The van der Waals surface area contributed by atoms with Crippen LogP contribution in [0.1, 0.15) is 11.1 Å². The normalized spacial score (nSPS) is 10.2. The van der Waals surface area contributed by atoms with Gasteiger partial charge in [0.25, 0.3) is 0 Å². The quantitative estimate of drug-likeness (QED) is 0.829. The van der Waals surface area contributed by atoms with E-state index >= 15 is 0 Å². The first-order chi connectivity index (χ1) is 7.25. The van der Waals surface area contributed by atoms with E-state index in [0.717, 1.165) is 17.8 Å². The number of aromatic hydroxyl groups is 1. The molecule has 0 fully saturated rings. The van der Waals surface area contributed by atoms with E-state index in [1.54, 1.807) is 17.4 Å². The monoisotopic (exact) mass is 219 g/mol. The van der Waals surface area contributed by atoms with E-state index in [9.17, 15) is 5.11 Å². The van der Waals surface area contributed by atoms with Gasteiger partial charge in [-0.1, -0.05) is 6.07 Å². The highest BCUT2D eigenvalue weighted by molar-refractivity contribution is 7.07. The SMILES string of the molecule is Cc1ccc(NCc2ccsc2)cc1O. The Morgan fingerprint density at radius 3 is 2.87 bits per heavy atom. The van der Waals surface area contributed by atoms with E-state index in [1.165, 1.54) is 5.56 Å². The Kier molecular flexibility index (Phi) is 2.92. The van der Waals surface area contributed by atoms with Gasteiger partial charge in [-0.3, -0.25) is 0 Å². The first kappa shape index (κ1) is 10.1. The van der Waals surface area contributed by atoms with Crippen LogP contribution < -0.4 is 5.32 Å². The van der Waals surface area contributed by atoms with E-state index in [4.69, 9.17) is 0 Å². The molecule has 2 aromatic rings. The van der Waals surface area contributed by atoms with Crippen molar-refractivity contribution in [3.05, 3.63) is 46.2 Å². The highest BCUT2D eigenvalue weighted by Gasteiger charge is 1.98. The summed E-state index contributed by atoms with van der Waals surface area (Å²) in [5.74, 6) is 0.338. The number of hydrogen-bond donors (Lipinski definition) is 2. The molecule has 0 amide bonds. The molecule has 0 aliphatic heterocycles. The van der Waals surface area contributed by atoms with Gasteiger partial charge in [0, 0.05) is 18.3 Å². The zero-order valence-electron chi connectivity index (χ0n) is 8.53. The Balaban J connectivity index is 2.02. The lowest BCUT2D eigenvalue weighted by Gasteiger charge is -2.06. The van der Waals surface area contributed by atoms with Crippen LogP contribution in [0.5, 0.6) is 5.75 Å². The summed E-state index contributed by atoms with van der Waals surface area (Å²) >= 11 is 1.69. The number of benzene rings is 1. The van der Waals surface area contributed by atoms with Crippen LogP contribution >= 0.6 is 11.3 Å². The second-order valence-electron chi connectivity index (χ2n) is 3.49. The fourth-order valence-corrected chi connectivity index (χ4v) is 1.99. The van der Waals surface area contributed by atoms with Crippen molar-refractivity contribution in [2.75, 3.05) is 5.32 Å². The molecule has 0 saturated heterocycles. The van der Waals surface area contributed by atoms with Crippen LogP contribution in [0.15, 0.2) is 35.0 Å². The third-order valence-electron chi connectivity index (χ3n) is 2.29. The summed E-state index contributed by atoms with van der Waals surface area (Å²) in [6, 6.07) is 7.72. The Morgan fingerprint density at radius 1 is 1.33 bits per heavy atom. The Hall–Kier alpha value is -1.48. The van der Waals surface area contributed by atoms with Gasteiger partial charge in [-0.05, 0) is 40.9 Å². The predicted octanol–water partition coefficient (Wildman–Crippen LogP) is 3.37. The summed E-state index contributed by atoms with van der Waals surface area (Å²) in [6.07, 6.45) is 0. The molecule has 1 aromatic carbocycles. The lowest BCUT2D eigenvalue weighted by molar-refractivity contribution is 0.471. The Morgan fingerprint density at radius 2 is 2.20 bits per heavy atom. The molecular formula is C12H13NOS. The molecule has 78 valence electrons. The molecule has 2 nitrogen and oxygen atoms in total. The zero-order chi connectivity index (χ0) is 10.7. The van der Waals surface area contributed by atoms with E-state index in [-0.39, 0.29) is 0 Å². The van der Waals surface area contributed by atoms with Crippen molar-refractivity contribution in [3.8, 4) is 5.75 Å². The summed E-state index contributed by atoms with van der Waals surface area (Å²) in [5.41, 5.74) is 3.11. The van der Waals surface area contributed by atoms with E-state index in [1.807, 2.05) is 19.1 Å². The van der Waals surface area contributed by atoms with Gasteiger partial charge in [0.2, 0.25) is 0 Å². The summed E-state index contributed by atoms with van der Waals surface area (Å²) in [7, 11) is 0. The topological polar surface area (TPSA) is 32.3 Å². The highest BCUT2D eigenvalue weighted by Crippen LogP contribution is 2.21. The van der Waals surface area contributed by atoms with E-state index < -0.39 is 0 Å². The minimum absolute atomic E-state index is 0.338. The molecule has 0 spiro atoms. The van der Waals surface area contributed by atoms with Gasteiger partial charge in [0.05, 0.1) is 0 Å². The number of thiophene rings is 1. The number of phenolic OH excluding ortho intramolecular Hbond substituents is 1. The van der Waals surface area contributed by atoms with Crippen molar-refractivity contribution in [2.45, 2.75) is 13.5 Å². The van der Waals surface area contributed by atoms with Gasteiger partial charge in [-0.2, -0.15) is 11.3 Å². The molecular weight excluding hydrogens is 206 g/mol. The minimum Gasteiger partial charge on any atom is -0.508 e. The predicted molar refractivity (Wildman–Crippen MR) is 64.5 cm³/mol. The number of nitrogens with one attached hydrogen (secondary N) is 1. The van der Waals surface area contributed by atoms with E-state index in [0.29, 0.717) is 5.75 Å². The van der Waals surface area contributed by atoms with Gasteiger partial charge in [-0.25, -0.2) is 0 Å². The number of phenols is 1. The molecule has 0 radical (unpaired) electrons. The molecule has 0 aliphatic carbocycles. The van der Waals surface area contributed by atoms with Crippen molar-refractivity contribution < 1.29 is 5.11 Å². The van der Waals surface area contributed by atoms with Crippen LogP contribution in [0.3, 0.4) is 0 Å². The van der Waals surface area contributed by atoms with Crippen molar-refractivity contribution in [3.63, 3.8) is 0 Å². The first-order valence-electron chi connectivity index (χ1n) is 4.80. The largest absolute Gasteiger partial charge is 0.508 e. The van der Waals surface area contributed by atoms with Crippen molar-refractivity contribution in [1.29, 1.82) is 0 Å². The second kappa shape index (κ2) is 4.36. The smallest absolute Gasteiger partial charge is 0.120 e. The molecule has 1 heterocycles. The molecule has 1 aromatic heterocycles. The fraction of sp³-hybridized carbons (Fsp3) is 0.167. The lowest BCUT2D eigenvalue weighted by Crippen LogP contribution is -1.97. The molecule has 0 saturated carbocycles. The zero-order valence-corrected chi connectivity index (χ0v) is 9.34. The van der Waals surface area contributed by atoms with Gasteiger partial charge in [-0.15, -0.1) is 0 Å². The standard InChI is InChI=1S/C12H13NOS/c1-9-2-3-11(6-12(9)14)13-7-10-4-5-15-8-10/h2-6,8,13-14H,7H2,1H3. The third-order valence-corrected chi connectivity index (χ3v) is 3.02. The average molecular weight is 219 g/mol. The number of hydrogen-bond acceptors (Lipinski definition) is 3. The first-order valence-corrected chi connectivity index (χ1v) is 5.74. The number of aryl methyl sites for hydroxylation is 1.